The highest BCUT2D eigenvalue weighted by atomic mass is 19.1. The molecule has 4 rings (SSSR count). The van der Waals surface area contributed by atoms with Gasteiger partial charge < -0.3 is 4.74 Å². The molecule has 0 radical (unpaired) electrons. The van der Waals surface area contributed by atoms with Crippen molar-refractivity contribution >= 4 is 18.2 Å². The van der Waals surface area contributed by atoms with Gasteiger partial charge in [0, 0.05) is 49.7 Å². The van der Waals surface area contributed by atoms with E-state index in [4.69, 9.17) is 0 Å². The molecule has 2 atom stereocenters. The summed E-state index contributed by atoms with van der Waals surface area (Å²) < 4.78 is 38.3. The Bertz CT molecular complexity index is 1330. The van der Waals surface area contributed by atoms with Crippen LogP contribution in [0.4, 0.5) is 19.4 Å². The summed E-state index contributed by atoms with van der Waals surface area (Å²) in [4.78, 5) is 24.9. The molecule has 2 aromatic heterocycles. The molecule has 194 valence electrons. The SMILES string of the molecule is CCn1ccc(-c2ccc(CN3CCC(CC#N)(n4cc(C=O)c(NC(=O)OC)n4)C(F)C3)c(F)c2)n1. The number of amides is 1. The Balaban J connectivity index is 1.51. The second-order valence-electron chi connectivity index (χ2n) is 8.87. The predicted molar refractivity (Wildman–Crippen MR) is 130 cm³/mol. The van der Waals surface area contributed by atoms with Crippen LogP contribution in [0.5, 0.6) is 0 Å². The number of methoxy groups -OCH3 is 1. The largest absolute Gasteiger partial charge is 0.453 e. The van der Waals surface area contributed by atoms with E-state index >= 15 is 4.39 Å². The van der Waals surface area contributed by atoms with Crippen molar-refractivity contribution in [3.8, 4) is 17.3 Å². The van der Waals surface area contributed by atoms with E-state index in [1.165, 1.54) is 16.9 Å². The van der Waals surface area contributed by atoms with Crippen LogP contribution >= 0.6 is 0 Å². The van der Waals surface area contributed by atoms with Crippen LogP contribution in [0.1, 0.15) is 35.7 Å². The van der Waals surface area contributed by atoms with Gasteiger partial charge in [-0.15, -0.1) is 0 Å². The molecular formula is C25H27F2N7O3. The Hall–Kier alpha value is -4.11. The zero-order chi connectivity index (χ0) is 26.6. The van der Waals surface area contributed by atoms with Crippen molar-refractivity contribution < 1.29 is 23.1 Å². The van der Waals surface area contributed by atoms with Gasteiger partial charge in [0.15, 0.2) is 12.1 Å². The molecule has 1 saturated heterocycles. The Morgan fingerprint density at radius 3 is 2.81 bits per heavy atom. The normalized spacial score (nSPS) is 19.8. The minimum atomic E-state index is -1.55. The van der Waals surface area contributed by atoms with Crippen LogP contribution < -0.4 is 5.32 Å². The number of likely N-dealkylation sites (tertiary alicyclic amines) is 1. The monoisotopic (exact) mass is 511 g/mol. The number of nitrogens with zero attached hydrogens (tertiary/aromatic N) is 6. The number of ether oxygens (including phenoxy) is 1. The number of aryl methyl sites for hydroxylation is 1. The van der Waals surface area contributed by atoms with Gasteiger partial charge >= 0.3 is 6.09 Å². The van der Waals surface area contributed by atoms with Gasteiger partial charge in [0.05, 0.1) is 30.9 Å². The summed E-state index contributed by atoms with van der Waals surface area (Å²) in [5.74, 6) is -0.492. The van der Waals surface area contributed by atoms with Gasteiger partial charge in [-0.3, -0.25) is 24.4 Å². The summed E-state index contributed by atoms with van der Waals surface area (Å²) in [6.07, 6.45) is 1.23. The quantitative estimate of drug-likeness (QED) is 0.458. The van der Waals surface area contributed by atoms with Crippen LogP contribution in [0.15, 0.2) is 36.7 Å². The molecular weight excluding hydrogens is 484 g/mol. The molecule has 0 aliphatic carbocycles. The molecule has 3 aromatic rings. The topological polar surface area (TPSA) is 118 Å². The molecule has 0 spiro atoms. The van der Waals surface area contributed by atoms with E-state index < -0.39 is 23.6 Å². The lowest BCUT2D eigenvalue weighted by molar-refractivity contribution is 0.00661. The van der Waals surface area contributed by atoms with Crippen molar-refractivity contribution in [3.05, 3.63) is 53.6 Å². The van der Waals surface area contributed by atoms with Crippen molar-refractivity contribution in [1.82, 2.24) is 24.5 Å². The molecule has 10 nitrogen and oxygen atoms in total. The maximum Gasteiger partial charge on any atom is 0.412 e. The second-order valence-corrected chi connectivity index (χ2v) is 8.87. The fourth-order valence-corrected chi connectivity index (χ4v) is 4.53. The van der Waals surface area contributed by atoms with Gasteiger partial charge in [0.25, 0.3) is 0 Å². The van der Waals surface area contributed by atoms with E-state index in [0.717, 1.165) is 7.11 Å². The molecule has 0 saturated carbocycles. The Morgan fingerprint density at radius 2 is 2.19 bits per heavy atom. The fourth-order valence-electron chi connectivity index (χ4n) is 4.53. The standard InChI is InChI=1S/C25H27F2N7O3/c1-3-33-10-6-21(30-33)17-4-5-18(20(26)12-17)13-32-11-8-25(7-9-28,22(27)15-32)34-14-19(16-35)23(31-34)29-24(36)37-2/h4-6,10,12,14,16,22H,3,7-8,11,13,15H2,1-2H3,(H,29,31,36). The average Bonchev–Trinajstić information content (AvgIpc) is 3.54. The van der Waals surface area contributed by atoms with Crippen LogP contribution in [0.3, 0.4) is 0 Å². The highest BCUT2D eigenvalue weighted by Gasteiger charge is 2.46. The van der Waals surface area contributed by atoms with Crippen molar-refractivity contribution in [3.63, 3.8) is 0 Å². The van der Waals surface area contributed by atoms with Gasteiger partial charge in [-0.05, 0) is 25.5 Å². The molecule has 0 bridgehead atoms. The fraction of sp³-hybridized carbons (Fsp3) is 0.400. The lowest BCUT2D eigenvalue weighted by Crippen LogP contribution is -2.54. The second kappa shape index (κ2) is 10.9. The van der Waals surface area contributed by atoms with Crippen LogP contribution in [0.2, 0.25) is 0 Å². The summed E-state index contributed by atoms with van der Waals surface area (Å²) in [7, 11) is 1.16. The third kappa shape index (κ3) is 5.22. The van der Waals surface area contributed by atoms with E-state index in [2.05, 4.69) is 20.3 Å². The Kier molecular flexibility index (Phi) is 7.63. The van der Waals surface area contributed by atoms with E-state index in [-0.39, 0.29) is 37.3 Å². The number of carbonyl (C=O) groups excluding carboxylic acids is 2. The van der Waals surface area contributed by atoms with E-state index in [1.54, 1.807) is 21.7 Å². The number of benzene rings is 1. The first kappa shape index (κ1) is 26.0. The number of halogens is 2. The Labute approximate surface area is 212 Å². The highest BCUT2D eigenvalue weighted by molar-refractivity contribution is 5.91. The molecule has 12 heteroatoms. The molecule has 1 aliphatic rings. The highest BCUT2D eigenvalue weighted by Crippen LogP contribution is 2.37. The number of carbonyl (C=O) groups is 2. The average molecular weight is 512 g/mol. The third-order valence-electron chi connectivity index (χ3n) is 6.69. The van der Waals surface area contributed by atoms with Gasteiger partial charge in [-0.2, -0.15) is 15.5 Å². The lowest BCUT2D eigenvalue weighted by Gasteiger charge is -2.43. The summed E-state index contributed by atoms with van der Waals surface area (Å²) in [6.45, 7) is 3.16. The van der Waals surface area contributed by atoms with Crippen LogP contribution in [-0.2, 0) is 23.4 Å². The van der Waals surface area contributed by atoms with E-state index in [1.807, 2.05) is 25.3 Å². The van der Waals surface area contributed by atoms with Gasteiger partial charge in [0.2, 0.25) is 0 Å². The van der Waals surface area contributed by atoms with Crippen molar-refractivity contribution in [2.75, 3.05) is 25.5 Å². The van der Waals surface area contributed by atoms with Crippen LogP contribution in [0.25, 0.3) is 11.3 Å². The summed E-state index contributed by atoms with van der Waals surface area (Å²) in [6, 6.07) is 8.73. The lowest BCUT2D eigenvalue weighted by atomic mass is 9.83. The number of nitriles is 1. The first-order valence-corrected chi connectivity index (χ1v) is 11.8. The maximum atomic E-state index is 15.8. The number of anilines is 1. The van der Waals surface area contributed by atoms with Crippen LogP contribution in [-0.4, -0.2) is 63.2 Å². The summed E-state index contributed by atoms with van der Waals surface area (Å²) in [5.41, 5.74) is 0.434. The molecule has 1 aliphatic heterocycles. The number of hydrogen-bond donors (Lipinski definition) is 1. The summed E-state index contributed by atoms with van der Waals surface area (Å²) in [5, 5.41) is 20.4. The predicted octanol–water partition coefficient (Wildman–Crippen LogP) is 3.75. The Morgan fingerprint density at radius 1 is 1.38 bits per heavy atom. The van der Waals surface area contributed by atoms with E-state index in [9.17, 15) is 19.2 Å². The molecule has 1 amide bonds. The van der Waals surface area contributed by atoms with Gasteiger partial charge in [0.1, 0.15) is 17.5 Å². The van der Waals surface area contributed by atoms with Crippen molar-refractivity contribution in [2.45, 2.75) is 44.6 Å². The van der Waals surface area contributed by atoms with Crippen LogP contribution in [0, 0.1) is 17.1 Å². The van der Waals surface area contributed by atoms with Gasteiger partial charge in [-0.25, -0.2) is 13.6 Å². The molecule has 3 heterocycles. The molecule has 2 unspecified atom stereocenters. The van der Waals surface area contributed by atoms with E-state index in [0.29, 0.717) is 36.2 Å². The van der Waals surface area contributed by atoms with Gasteiger partial charge in [-0.1, -0.05) is 12.1 Å². The van der Waals surface area contributed by atoms with Crippen molar-refractivity contribution in [1.29, 1.82) is 5.26 Å². The minimum absolute atomic E-state index is 0.0308. The smallest absolute Gasteiger partial charge is 0.412 e. The first-order valence-electron chi connectivity index (χ1n) is 11.8. The number of aldehydes is 1. The first-order chi connectivity index (χ1) is 17.8. The minimum Gasteiger partial charge on any atom is -0.453 e. The zero-order valence-electron chi connectivity index (χ0n) is 20.5. The number of rotatable bonds is 8. The summed E-state index contributed by atoms with van der Waals surface area (Å²) >= 11 is 0. The number of piperidine rings is 1. The number of hydrogen-bond acceptors (Lipinski definition) is 7. The number of aromatic nitrogens is 4. The third-order valence-corrected chi connectivity index (χ3v) is 6.69. The number of alkyl halides is 1. The van der Waals surface area contributed by atoms with Crippen molar-refractivity contribution in [2.24, 2.45) is 0 Å². The molecule has 1 fully saturated rings. The number of nitrogens with one attached hydrogen (secondary N) is 1. The molecule has 1 aromatic carbocycles. The zero-order valence-corrected chi connectivity index (χ0v) is 20.5. The maximum absolute atomic E-state index is 15.8. The molecule has 37 heavy (non-hydrogen) atoms. The molecule has 1 N–H and O–H groups in total.